The molecule has 0 aromatic heterocycles. The van der Waals surface area contributed by atoms with E-state index >= 15 is 0 Å². The van der Waals surface area contributed by atoms with E-state index in [1.807, 2.05) is 31.3 Å². The summed E-state index contributed by atoms with van der Waals surface area (Å²) in [6.45, 7) is 2.72. The number of rotatable bonds is 3. The van der Waals surface area contributed by atoms with Crippen molar-refractivity contribution in [3.63, 3.8) is 0 Å². The fourth-order valence-electron chi connectivity index (χ4n) is 2.88. The van der Waals surface area contributed by atoms with Crippen LogP contribution in [-0.4, -0.2) is 23.9 Å². The van der Waals surface area contributed by atoms with Crippen LogP contribution in [0.25, 0.3) is 0 Å². The Kier molecular flexibility index (Phi) is 3.65. The molecular formula is C18H20N2O. The Morgan fingerprint density at radius 1 is 1.24 bits per heavy atom. The lowest BCUT2D eigenvalue weighted by Gasteiger charge is -2.21. The zero-order chi connectivity index (χ0) is 14.8. The lowest BCUT2D eigenvalue weighted by Crippen LogP contribution is -2.39. The number of anilines is 1. The summed E-state index contributed by atoms with van der Waals surface area (Å²) in [5, 5.41) is 3.32. The average molecular weight is 280 g/mol. The molecule has 1 aliphatic heterocycles. The van der Waals surface area contributed by atoms with E-state index in [4.69, 9.17) is 0 Å². The quantitative estimate of drug-likeness (QED) is 0.937. The van der Waals surface area contributed by atoms with Crippen LogP contribution in [0, 0.1) is 6.92 Å². The minimum atomic E-state index is -0.141. The molecule has 0 saturated heterocycles. The summed E-state index contributed by atoms with van der Waals surface area (Å²) in [5.41, 5.74) is 4.70. The SMILES string of the molecule is Cc1cccc(CN(C)C(=O)[C@@H]2Cc3ccccc3N2)c1. The number of amides is 1. The lowest BCUT2D eigenvalue weighted by atomic mass is 10.1. The average Bonchev–Trinajstić information content (AvgIpc) is 2.90. The van der Waals surface area contributed by atoms with Gasteiger partial charge in [0, 0.05) is 25.7 Å². The number of para-hydroxylation sites is 1. The van der Waals surface area contributed by atoms with Gasteiger partial charge in [-0.15, -0.1) is 0 Å². The Bertz CT molecular complexity index is 641. The van der Waals surface area contributed by atoms with Crippen LogP contribution in [0.1, 0.15) is 16.7 Å². The van der Waals surface area contributed by atoms with Gasteiger partial charge in [-0.3, -0.25) is 4.79 Å². The molecule has 1 atom stereocenters. The fourth-order valence-corrected chi connectivity index (χ4v) is 2.88. The number of carbonyl (C=O) groups is 1. The Balaban J connectivity index is 1.66. The smallest absolute Gasteiger partial charge is 0.245 e. The van der Waals surface area contributed by atoms with Crippen LogP contribution in [0.2, 0.25) is 0 Å². The van der Waals surface area contributed by atoms with Crippen LogP contribution >= 0.6 is 0 Å². The normalized spacial score (nSPS) is 16.2. The van der Waals surface area contributed by atoms with Crippen molar-refractivity contribution in [2.45, 2.75) is 25.9 Å². The third kappa shape index (κ3) is 2.92. The number of nitrogens with one attached hydrogen (secondary N) is 1. The van der Waals surface area contributed by atoms with Crippen LogP contribution in [0.15, 0.2) is 48.5 Å². The molecule has 2 aromatic rings. The number of benzene rings is 2. The first-order chi connectivity index (χ1) is 10.1. The van der Waals surface area contributed by atoms with Crippen molar-refractivity contribution in [2.24, 2.45) is 0 Å². The van der Waals surface area contributed by atoms with Gasteiger partial charge in [-0.25, -0.2) is 0 Å². The van der Waals surface area contributed by atoms with E-state index in [9.17, 15) is 4.79 Å². The van der Waals surface area contributed by atoms with Crippen LogP contribution in [0.4, 0.5) is 5.69 Å². The van der Waals surface area contributed by atoms with Crippen LogP contribution in [0.3, 0.4) is 0 Å². The highest BCUT2D eigenvalue weighted by molar-refractivity contribution is 5.87. The Labute approximate surface area is 125 Å². The van der Waals surface area contributed by atoms with Gasteiger partial charge >= 0.3 is 0 Å². The summed E-state index contributed by atoms with van der Waals surface area (Å²) in [4.78, 5) is 14.4. The second-order valence-electron chi connectivity index (χ2n) is 5.74. The van der Waals surface area contributed by atoms with Crippen molar-refractivity contribution in [2.75, 3.05) is 12.4 Å². The van der Waals surface area contributed by atoms with Crippen molar-refractivity contribution >= 4 is 11.6 Å². The van der Waals surface area contributed by atoms with Gasteiger partial charge in [-0.2, -0.15) is 0 Å². The molecule has 0 aliphatic carbocycles. The second-order valence-corrected chi connectivity index (χ2v) is 5.74. The number of hydrogen-bond donors (Lipinski definition) is 1. The van der Waals surface area contributed by atoms with Gasteiger partial charge < -0.3 is 10.2 Å². The molecule has 1 aliphatic rings. The van der Waals surface area contributed by atoms with Crippen molar-refractivity contribution < 1.29 is 4.79 Å². The molecule has 0 bridgehead atoms. The topological polar surface area (TPSA) is 32.3 Å². The molecule has 3 rings (SSSR count). The summed E-state index contributed by atoms with van der Waals surface area (Å²) >= 11 is 0. The predicted octanol–water partition coefficient (Wildman–Crippen LogP) is 2.99. The monoisotopic (exact) mass is 280 g/mol. The van der Waals surface area contributed by atoms with Crippen molar-refractivity contribution in [1.82, 2.24) is 4.90 Å². The number of fused-ring (bicyclic) bond motifs is 1. The van der Waals surface area contributed by atoms with Crippen LogP contribution in [0.5, 0.6) is 0 Å². The summed E-state index contributed by atoms with van der Waals surface area (Å²) in [6, 6.07) is 16.3. The van der Waals surface area contributed by atoms with Gasteiger partial charge in [0.1, 0.15) is 6.04 Å². The van der Waals surface area contributed by atoms with Crippen molar-refractivity contribution in [3.05, 3.63) is 65.2 Å². The van der Waals surface area contributed by atoms with Crippen LogP contribution in [-0.2, 0) is 17.8 Å². The molecule has 3 nitrogen and oxygen atoms in total. The van der Waals surface area contributed by atoms with Crippen LogP contribution < -0.4 is 5.32 Å². The van der Waals surface area contributed by atoms with Crippen molar-refractivity contribution in [3.8, 4) is 0 Å². The lowest BCUT2D eigenvalue weighted by molar-refractivity contribution is -0.131. The first-order valence-electron chi connectivity index (χ1n) is 7.28. The number of nitrogens with zero attached hydrogens (tertiary/aromatic N) is 1. The molecule has 1 N–H and O–H groups in total. The maximum absolute atomic E-state index is 12.6. The standard InChI is InChI=1S/C18H20N2O/c1-13-6-5-7-14(10-13)12-20(2)18(21)17-11-15-8-3-4-9-16(15)19-17/h3-10,17,19H,11-12H2,1-2H3/t17-/m0/s1. The molecule has 0 unspecified atom stereocenters. The minimum absolute atomic E-state index is 0.141. The highest BCUT2D eigenvalue weighted by Crippen LogP contribution is 2.26. The first kappa shape index (κ1) is 13.7. The van der Waals surface area contributed by atoms with E-state index in [2.05, 4.69) is 36.5 Å². The molecule has 108 valence electrons. The maximum Gasteiger partial charge on any atom is 0.245 e. The van der Waals surface area contributed by atoms with E-state index < -0.39 is 0 Å². The highest BCUT2D eigenvalue weighted by Gasteiger charge is 2.28. The minimum Gasteiger partial charge on any atom is -0.373 e. The Morgan fingerprint density at radius 3 is 2.81 bits per heavy atom. The molecule has 0 radical (unpaired) electrons. The summed E-state index contributed by atoms with van der Waals surface area (Å²) in [7, 11) is 1.87. The number of hydrogen-bond acceptors (Lipinski definition) is 2. The van der Waals surface area contributed by atoms with Gasteiger partial charge in [-0.1, -0.05) is 48.0 Å². The maximum atomic E-state index is 12.6. The fraction of sp³-hybridized carbons (Fsp3) is 0.278. The van der Waals surface area contributed by atoms with E-state index in [0.29, 0.717) is 6.54 Å². The molecule has 0 saturated carbocycles. The first-order valence-corrected chi connectivity index (χ1v) is 7.28. The Morgan fingerprint density at radius 2 is 2.05 bits per heavy atom. The summed E-state index contributed by atoms with van der Waals surface area (Å²) in [6.07, 6.45) is 0.771. The van der Waals surface area contributed by atoms with E-state index in [0.717, 1.165) is 12.1 Å². The molecular weight excluding hydrogens is 260 g/mol. The summed E-state index contributed by atoms with van der Waals surface area (Å²) in [5.74, 6) is 0.146. The third-order valence-electron chi connectivity index (χ3n) is 3.95. The largest absolute Gasteiger partial charge is 0.373 e. The molecule has 0 spiro atoms. The summed E-state index contributed by atoms with van der Waals surface area (Å²) < 4.78 is 0. The number of aryl methyl sites for hydroxylation is 1. The number of carbonyl (C=O) groups excluding carboxylic acids is 1. The van der Waals surface area contributed by atoms with E-state index in [1.165, 1.54) is 16.7 Å². The van der Waals surface area contributed by atoms with E-state index in [-0.39, 0.29) is 11.9 Å². The zero-order valence-corrected chi connectivity index (χ0v) is 12.5. The highest BCUT2D eigenvalue weighted by atomic mass is 16.2. The predicted molar refractivity (Wildman–Crippen MR) is 85.2 cm³/mol. The molecule has 1 heterocycles. The van der Waals surface area contributed by atoms with Gasteiger partial charge in [0.05, 0.1) is 0 Å². The molecule has 21 heavy (non-hydrogen) atoms. The molecule has 0 fully saturated rings. The van der Waals surface area contributed by atoms with Gasteiger partial charge in [0.15, 0.2) is 0 Å². The third-order valence-corrected chi connectivity index (χ3v) is 3.95. The van der Waals surface area contributed by atoms with E-state index in [1.54, 1.807) is 4.90 Å². The number of likely N-dealkylation sites (N-methyl/N-ethyl adjacent to an activating group) is 1. The molecule has 3 heteroatoms. The second kappa shape index (κ2) is 5.60. The van der Waals surface area contributed by atoms with Crippen molar-refractivity contribution in [1.29, 1.82) is 0 Å². The zero-order valence-electron chi connectivity index (χ0n) is 12.5. The van der Waals surface area contributed by atoms with Gasteiger partial charge in [0.2, 0.25) is 5.91 Å². The molecule has 2 aromatic carbocycles. The van der Waals surface area contributed by atoms with Gasteiger partial charge in [0.25, 0.3) is 0 Å². The molecule has 1 amide bonds. The van der Waals surface area contributed by atoms with Gasteiger partial charge in [-0.05, 0) is 24.1 Å². The Hall–Kier alpha value is -2.29.